The van der Waals surface area contributed by atoms with Crippen LogP contribution in [0, 0.1) is 0 Å². The average molecular weight is 366 g/mol. The van der Waals surface area contributed by atoms with Crippen LogP contribution in [0.4, 0.5) is 23.7 Å². The highest BCUT2D eigenvalue weighted by Gasteiger charge is 2.31. The molecule has 3 N–H and O–H groups in total. The number of carboxylic acid groups (broad SMARTS) is 1. The molecule has 2 aromatic rings. The van der Waals surface area contributed by atoms with Gasteiger partial charge in [-0.3, -0.25) is 4.79 Å². The standard InChI is InChI=1S/C17H13F3N2O4/c18-17(19,20)10-2-1-3-11(8-10)26-12-4-5-13-9(6-12)7-14(15(23)21-13)22-16(24)25/h1-6,8,14,22H,7H2,(H,21,23)(H,24,25)/t14-/m0/s1. The third-order valence-corrected chi connectivity index (χ3v) is 3.77. The average Bonchev–Trinajstić information content (AvgIpc) is 2.55. The fourth-order valence-corrected chi connectivity index (χ4v) is 2.59. The van der Waals surface area contributed by atoms with E-state index in [-0.39, 0.29) is 17.9 Å². The molecule has 0 aromatic heterocycles. The molecule has 0 saturated carbocycles. The molecule has 0 bridgehead atoms. The van der Waals surface area contributed by atoms with E-state index in [0.717, 1.165) is 12.1 Å². The number of rotatable bonds is 3. The van der Waals surface area contributed by atoms with Gasteiger partial charge in [-0.1, -0.05) is 6.07 Å². The molecule has 0 spiro atoms. The van der Waals surface area contributed by atoms with E-state index in [4.69, 9.17) is 9.84 Å². The number of nitrogens with one attached hydrogen (secondary N) is 2. The van der Waals surface area contributed by atoms with Gasteiger partial charge in [0, 0.05) is 12.1 Å². The fraction of sp³-hybridized carbons (Fsp3) is 0.176. The molecule has 0 unspecified atom stereocenters. The zero-order chi connectivity index (χ0) is 18.9. The number of fused-ring (bicyclic) bond motifs is 1. The Labute approximate surface area is 145 Å². The molecule has 136 valence electrons. The number of carbonyl (C=O) groups is 2. The largest absolute Gasteiger partial charge is 0.465 e. The van der Waals surface area contributed by atoms with Crippen molar-refractivity contribution in [2.75, 3.05) is 5.32 Å². The van der Waals surface area contributed by atoms with Crippen molar-refractivity contribution in [1.29, 1.82) is 0 Å². The highest BCUT2D eigenvalue weighted by Crippen LogP contribution is 2.34. The molecular formula is C17H13F3N2O4. The highest BCUT2D eigenvalue weighted by atomic mass is 19.4. The zero-order valence-electron chi connectivity index (χ0n) is 13.1. The van der Waals surface area contributed by atoms with E-state index >= 15 is 0 Å². The molecule has 1 aliphatic rings. The molecule has 9 heteroatoms. The van der Waals surface area contributed by atoms with E-state index in [2.05, 4.69) is 10.6 Å². The summed E-state index contributed by atoms with van der Waals surface area (Å²) >= 11 is 0. The van der Waals surface area contributed by atoms with Crippen molar-refractivity contribution in [3.63, 3.8) is 0 Å². The normalized spacial score (nSPS) is 16.4. The first-order chi connectivity index (χ1) is 12.2. The number of benzene rings is 2. The number of hydrogen-bond acceptors (Lipinski definition) is 3. The van der Waals surface area contributed by atoms with Gasteiger partial charge in [0.05, 0.1) is 5.56 Å². The van der Waals surface area contributed by atoms with E-state index in [1.807, 2.05) is 0 Å². The fourth-order valence-electron chi connectivity index (χ4n) is 2.59. The monoisotopic (exact) mass is 366 g/mol. The van der Waals surface area contributed by atoms with Crippen molar-refractivity contribution in [2.24, 2.45) is 0 Å². The molecule has 0 aliphatic carbocycles. The summed E-state index contributed by atoms with van der Waals surface area (Å²) < 4.78 is 43.8. The van der Waals surface area contributed by atoms with Crippen LogP contribution in [0.2, 0.25) is 0 Å². The lowest BCUT2D eigenvalue weighted by molar-refractivity contribution is -0.137. The van der Waals surface area contributed by atoms with Gasteiger partial charge < -0.3 is 20.5 Å². The predicted octanol–water partition coefficient (Wildman–Crippen LogP) is 3.63. The summed E-state index contributed by atoms with van der Waals surface area (Å²) in [6.45, 7) is 0. The van der Waals surface area contributed by atoms with Gasteiger partial charge in [0.1, 0.15) is 17.5 Å². The quantitative estimate of drug-likeness (QED) is 0.774. The van der Waals surface area contributed by atoms with Crippen molar-refractivity contribution in [3.05, 3.63) is 53.6 Å². The van der Waals surface area contributed by atoms with Crippen LogP contribution in [-0.4, -0.2) is 23.1 Å². The molecule has 2 aromatic carbocycles. The molecule has 3 rings (SSSR count). The lowest BCUT2D eigenvalue weighted by Crippen LogP contribution is -2.47. The summed E-state index contributed by atoms with van der Waals surface area (Å²) in [5.41, 5.74) is 0.272. The molecule has 0 saturated heterocycles. The van der Waals surface area contributed by atoms with Gasteiger partial charge in [-0.2, -0.15) is 13.2 Å². The Kier molecular flexibility index (Phi) is 4.45. The van der Waals surface area contributed by atoms with Crippen molar-refractivity contribution >= 4 is 17.7 Å². The van der Waals surface area contributed by atoms with Crippen molar-refractivity contribution in [1.82, 2.24) is 5.32 Å². The summed E-state index contributed by atoms with van der Waals surface area (Å²) in [5.74, 6) is -0.195. The second-order valence-corrected chi connectivity index (χ2v) is 5.64. The maximum atomic E-state index is 12.8. The van der Waals surface area contributed by atoms with Crippen LogP contribution in [0.3, 0.4) is 0 Å². The second-order valence-electron chi connectivity index (χ2n) is 5.64. The van der Waals surface area contributed by atoms with Gasteiger partial charge >= 0.3 is 12.3 Å². The Morgan fingerprint density at radius 2 is 1.92 bits per heavy atom. The summed E-state index contributed by atoms with van der Waals surface area (Å²) in [4.78, 5) is 22.6. The number of alkyl halides is 3. The SMILES string of the molecule is O=C(O)N[C@H]1Cc2cc(Oc3cccc(C(F)(F)F)c3)ccc2NC1=O. The summed E-state index contributed by atoms with van der Waals surface area (Å²) in [5, 5.41) is 13.4. The lowest BCUT2D eigenvalue weighted by Gasteiger charge is -2.24. The number of carbonyl (C=O) groups excluding carboxylic acids is 1. The first-order valence-corrected chi connectivity index (χ1v) is 7.51. The summed E-state index contributed by atoms with van der Waals surface area (Å²) in [6.07, 6.45) is -5.70. The molecule has 2 amide bonds. The van der Waals surface area contributed by atoms with Gasteiger partial charge in [-0.25, -0.2) is 4.79 Å². The second kappa shape index (κ2) is 6.58. The van der Waals surface area contributed by atoms with Crippen molar-refractivity contribution in [3.8, 4) is 11.5 Å². The van der Waals surface area contributed by atoms with E-state index in [9.17, 15) is 22.8 Å². The Morgan fingerprint density at radius 1 is 1.19 bits per heavy atom. The molecule has 1 heterocycles. The van der Waals surface area contributed by atoms with Gasteiger partial charge in [-0.15, -0.1) is 0 Å². The van der Waals surface area contributed by atoms with Gasteiger partial charge in [0.25, 0.3) is 0 Å². The number of amides is 2. The molecule has 6 nitrogen and oxygen atoms in total. The number of ether oxygens (including phenoxy) is 1. The van der Waals surface area contributed by atoms with Crippen LogP contribution in [0.1, 0.15) is 11.1 Å². The molecule has 1 atom stereocenters. The zero-order valence-corrected chi connectivity index (χ0v) is 13.1. The van der Waals surface area contributed by atoms with Crippen molar-refractivity contribution in [2.45, 2.75) is 18.6 Å². The molecular weight excluding hydrogens is 353 g/mol. The first kappa shape index (κ1) is 17.6. The van der Waals surface area contributed by atoms with Crippen LogP contribution < -0.4 is 15.4 Å². The number of anilines is 1. The molecule has 0 radical (unpaired) electrons. The Balaban J connectivity index is 1.82. The predicted molar refractivity (Wildman–Crippen MR) is 85.2 cm³/mol. The van der Waals surface area contributed by atoms with Gasteiger partial charge in [-0.05, 0) is 42.0 Å². The third kappa shape index (κ3) is 3.88. The minimum atomic E-state index is -4.48. The summed E-state index contributed by atoms with van der Waals surface area (Å²) in [7, 11) is 0. The number of hydrogen-bond donors (Lipinski definition) is 3. The first-order valence-electron chi connectivity index (χ1n) is 7.51. The Morgan fingerprint density at radius 3 is 2.62 bits per heavy atom. The van der Waals surface area contributed by atoms with E-state index in [1.54, 1.807) is 12.1 Å². The van der Waals surface area contributed by atoms with Crippen LogP contribution in [-0.2, 0) is 17.4 Å². The van der Waals surface area contributed by atoms with E-state index < -0.39 is 29.8 Å². The third-order valence-electron chi connectivity index (χ3n) is 3.77. The van der Waals surface area contributed by atoms with E-state index in [0.29, 0.717) is 11.3 Å². The van der Waals surface area contributed by atoms with Gasteiger partial charge in [0.15, 0.2) is 0 Å². The lowest BCUT2D eigenvalue weighted by atomic mass is 9.99. The summed E-state index contributed by atoms with van der Waals surface area (Å²) in [6, 6.07) is 8.11. The molecule has 26 heavy (non-hydrogen) atoms. The van der Waals surface area contributed by atoms with Crippen molar-refractivity contribution < 1.29 is 32.6 Å². The maximum absolute atomic E-state index is 12.8. The Hall–Kier alpha value is -3.23. The minimum absolute atomic E-state index is 0.0137. The van der Waals surface area contributed by atoms with Crippen LogP contribution >= 0.6 is 0 Å². The van der Waals surface area contributed by atoms with Crippen LogP contribution in [0.15, 0.2) is 42.5 Å². The number of halogens is 3. The maximum Gasteiger partial charge on any atom is 0.416 e. The molecule has 1 aliphatic heterocycles. The molecule has 0 fully saturated rings. The van der Waals surface area contributed by atoms with Crippen LogP contribution in [0.5, 0.6) is 11.5 Å². The topological polar surface area (TPSA) is 87.7 Å². The Bertz CT molecular complexity index is 867. The van der Waals surface area contributed by atoms with E-state index in [1.165, 1.54) is 18.2 Å². The minimum Gasteiger partial charge on any atom is -0.465 e. The highest BCUT2D eigenvalue weighted by molar-refractivity contribution is 5.99. The van der Waals surface area contributed by atoms with Gasteiger partial charge in [0.2, 0.25) is 5.91 Å². The smallest absolute Gasteiger partial charge is 0.416 e. The van der Waals surface area contributed by atoms with Crippen LogP contribution in [0.25, 0.3) is 0 Å².